The molecule has 1 unspecified atom stereocenters. The Hall–Kier alpha value is -4.40. The van der Waals surface area contributed by atoms with E-state index in [1.165, 1.54) is 13.0 Å². The summed E-state index contributed by atoms with van der Waals surface area (Å²) in [7, 11) is -4.69. The molecule has 0 radical (unpaired) electrons. The fourth-order valence-electron chi connectivity index (χ4n) is 5.90. The number of fused-ring (bicyclic) bond motifs is 1. The molecule has 4 aromatic rings. The van der Waals surface area contributed by atoms with Crippen molar-refractivity contribution in [2.75, 3.05) is 17.1 Å². The van der Waals surface area contributed by atoms with Crippen molar-refractivity contribution >= 4 is 38.3 Å². The third-order valence-corrected chi connectivity index (χ3v) is 9.59. The second-order valence-corrected chi connectivity index (χ2v) is 13.5. The van der Waals surface area contributed by atoms with E-state index in [4.69, 9.17) is 10.5 Å². The van der Waals surface area contributed by atoms with Gasteiger partial charge in [-0.3, -0.25) is 14.2 Å². The lowest BCUT2D eigenvalue weighted by molar-refractivity contribution is -0.126. The van der Waals surface area contributed by atoms with E-state index in [2.05, 4.69) is 15.4 Å². The Bertz CT molecular complexity index is 1920. The van der Waals surface area contributed by atoms with Gasteiger partial charge in [-0.05, 0) is 83.1 Å². The van der Waals surface area contributed by atoms with Crippen molar-refractivity contribution in [3.63, 3.8) is 0 Å². The van der Waals surface area contributed by atoms with E-state index in [0.29, 0.717) is 42.7 Å². The van der Waals surface area contributed by atoms with Crippen molar-refractivity contribution in [3.05, 3.63) is 59.5 Å². The van der Waals surface area contributed by atoms with Crippen LogP contribution in [-0.2, 0) is 14.8 Å². The number of alkyl halides is 1. The number of ether oxygens (including phenoxy) is 1. The Balaban J connectivity index is 1.51. The van der Waals surface area contributed by atoms with Gasteiger partial charge in [0.2, 0.25) is 0 Å². The van der Waals surface area contributed by atoms with E-state index in [-0.39, 0.29) is 47.4 Å². The zero-order chi connectivity index (χ0) is 34.2. The molecule has 4 N–H and O–H groups in total. The number of halogens is 4. The second-order valence-electron chi connectivity index (χ2n) is 11.8. The lowest BCUT2D eigenvalue weighted by Crippen LogP contribution is -2.40. The summed E-state index contributed by atoms with van der Waals surface area (Å²) < 4.78 is 94.1. The zero-order valence-electron chi connectivity index (χ0n) is 26.3. The van der Waals surface area contributed by atoms with Gasteiger partial charge in [0.05, 0.1) is 23.2 Å². The van der Waals surface area contributed by atoms with Crippen LogP contribution in [0.25, 0.3) is 22.2 Å². The summed E-state index contributed by atoms with van der Waals surface area (Å²) in [5.74, 6) is -3.79. The summed E-state index contributed by atoms with van der Waals surface area (Å²) in [6.45, 7) is 6.79. The number of nitrogens with zero attached hydrogens (tertiary/aromatic N) is 3. The van der Waals surface area contributed by atoms with Crippen LogP contribution in [0, 0.1) is 17.5 Å². The highest BCUT2D eigenvalue weighted by Gasteiger charge is 2.31. The summed E-state index contributed by atoms with van der Waals surface area (Å²) in [6, 6.07) is 4.17. The van der Waals surface area contributed by atoms with E-state index in [9.17, 15) is 22.0 Å². The normalized spacial score (nSPS) is 17.6. The molecule has 15 heteroatoms. The predicted molar refractivity (Wildman–Crippen MR) is 170 cm³/mol. The van der Waals surface area contributed by atoms with E-state index < -0.39 is 50.1 Å². The highest BCUT2D eigenvalue weighted by Crippen LogP contribution is 2.42. The van der Waals surface area contributed by atoms with Crippen molar-refractivity contribution < 1.29 is 35.5 Å². The van der Waals surface area contributed by atoms with Gasteiger partial charge >= 0.3 is 0 Å². The maximum atomic E-state index is 15.8. The van der Waals surface area contributed by atoms with Gasteiger partial charge in [-0.2, -0.15) is 5.10 Å². The van der Waals surface area contributed by atoms with Crippen LogP contribution in [-0.4, -0.2) is 47.9 Å². The van der Waals surface area contributed by atoms with Crippen LogP contribution in [0.5, 0.6) is 5.75 Å². The quantitative estimate of drug-likeness (QED) is 0.166. The number of nitrogens with one attached hydrogen (secondary N) is 2. The molecule has 2 aromatic heterocycles. The molecule has 0 saturated heterocycles. The first-order valence-corrected chi connectivity index (χ1v) is 16.8. The van der Waals surface area contributed by atoms with Crippen LogP contribution in [0.2, 0.25) is 0 Å². The number of sulfonamides is 1. The molecule has 1 aliphatic rings. The number of carbonyl (C=O) groups is 1. The van der Waals surface area contributed by atoms with Crippen molar-refractivity contribution in [2.24, 2.45) is 0 Å². The minimum atomic E-state index is -4.69. The highest BCUT2D eigenvalue weighted by molar-refractivity contribution is 7.92. The molecule has 252 valence electrons. The predicted octanol–water partition coefficient (Wildman–Crippen LogP) is 6.38. The van der Waals surface area contributed by atoms with Gasteiger partial charge < -0.3 is 15.8 Å². The fraction of sp³-hybridized carbons (Fsp3) is 0.406. The molecular formula is C32H36F4N6O4S. The van der Waals surface area contributed by atoms with Crippen LogP contribution in [0.3, 0.4) is 0 Å². The van der Waals surface area contributed by atoms with Gasteiger partial charge in [0.25, 0.3) is 15.9 Å². The van der Waals surface area contributed by atoms with Gasteiger partial charge in [-0.15, -0.1) is 0 Å². The number of amides is 1. The molecule has 5 rings (SSSR count). The molecule has 2 heterocycles. The van der Waals surface area contributed by atoms with Crippen molar-refractivity contribution in [2.45, 2.75) is 82.4 Å². The minimum absolute atomic E-state index is 0.0136. The van der Waals surface area contributed by atoms with Crippen LogP contribution in [0.15, 0.2) is 41.4 Å². The number of anilines is 2. The molecular weight excluding hydrogens is 640 g/mol. The Morgan fingerprint density at radius 1 is 1.06 bits per heavy atom. The molecule has 1 amide bonds. The molecule has 47 heavy (non-hydrogen) atoms. The van der Waals surface area contributed by atoms with Crippen LogP contribution in [0.1, 0.15) is 70.9 Å². The van der Waals surface area contributed by atoms with Crippen LogP contribution >= 0.6 is 0 Å². The summed E-state index contributed by atoms with van der Waals surface area (Å²) in [5, 5.41) is 7.67. The number of hydrogen-bond donors (Lipinski definition) is 3. The average molecular weight is 677 g/mol. The molecule has 0 bridgehead atoms. The van der Waals surface area contributed by atoms with Crippen LogP contribution < -0.4 is 20.5 Å². The third-order valence-electron chi connectivity index (χ3n) is 8.21. The average Bonchev–Trinajstić information content (AvgIpc) is 3.42. The molecule has 0 aliphatic heterocycles. The van der Waals surface area contributed by atoms with Gasteiger partial charge in [-0.25, -0.2) is 31.0 Å². The maximum absolute atomic E-state index is 15.8. The number of nitrogen functional groups attached to an aromatic ring is 1. The Morgan fingerprint density at radius 2 is 1.77 bits per heavy atom. The largest absolute Gasteiger partial charge is 0.494 e. The Kier molecular flexibility index (Phi) is 9.66. The summed E-state index contributed by atoms with van der Waals surface area (Å²) in [6.07, 6.45) is 2.55. The van der Waals surface area contributed by atoms with Gasteiger partial charge in [0.15, 0.2) is 6.17 Å². The molecule has 2 aromatic carbocycles. The number of hydrogen-bond acceptors (Lipinski definition) is 7. The van der Waals surface area contributed by atoms with Crippen molar-refractivity contribution in [1.29, 1.82) is 0 Å². The third kappa shape index (κ3) is 6.85. The monoisotopic (exact) mass is 676 g/mol. The second kappa shape index (κ2) is 13.4. The standard InChI is InChI=1S/C32H36F4N6O4S/c1-5-46-20-10-11-23(34)27(12-20)47(44,45)41-26-14-24(35)21(13-25(26)36)29-28-30(42(40-29)16(2)3)22(15-38-31(28)37)18-6-8-19(9-7-18)39-32(43)17(4)33/h10-19,41H,5-9H2,1-4H3,(H2,37,38)(H,39,43). The topological polar surface area (TPSA) is 141 Å². The van der Waals surface area contributed by atoms with E-state index >= 15 is 8.78 Å². The maximum Gasteiger partial charge on any atom is 0.265 e. The highest BCUT2D eigenvalue weighted by atomic mass is 32.2. The molecule has 1 saturated carbocycles. The summed E-state index contributed by atoms with van der Waals surface area (Å²) in [4.78, 5) is 15.4. The number of aromatic nitrogens is 3. The van der Waals surface area contributed by atoms with Crippen LogP contribution in [0.4, 0.5) is 29.1 Å². The summed E-state index contributed by atoms with van der Waals surface area (Å²) >= 11 is 0. The smallest absolute Gasteiger partial charge is 0.265 e. The SMILES string of the molecule is CCOc1ccc(F)c(S(=O)(=O)Nc2cc(F)c(-c3nn(C(C)C)c4c(C5CCC(NC(=O)C(C)F)CC5)cnc(N)c34)cc2F)c1. The van der Waals surface area contributed by atoms with Gasteiger partial charge in [0.1, 0.15) is 39.6 Å². The fourth-order valence-corrected chi connectivity index (χ4v) is 7.05. The first kappa shape index (κ1) is 33.9. The lowest BCUT2D eigenvalue weighted by Gasteiger charge is -2.30. The molecule has 0 spiro atoms. The van der Waals surface area contributed by atoms with Crippen molar-refractivity contribution in [3.8, 4) is 17.0 Å². The van der Waals surface area contributed by atoms with Crippen molar-refractivity contribution in [1.82, 2.24) is 20.1 Å². The molecule has 10 nitrogen and oxygen atoms in total. The first-order chi connectivity index (χ1) is 22.2. The lowest BCUT2D eigenvalue weighted by atomic mass is 9.81. The van der Waals surface area contributed by atoms with E-state index in [1.807, 2.05) is 18.6 Å². The Labute approximate surface area is 269 Å². The van der Waals surface area contributed by atoms with Gasteiger partial charge in [0, 0.05) is 36.0 Å². The number of benzene rings is 2. The number of nitrogens with two attached hydrogens (primary N) is 1. The Morgan fingerprint density at radius 3 is 2.40 bits per heavy atom. The number of rotatable bonds is 10. The minimum Gasteiger partial charge on any atom is -0.494 e. The number of carbonyl (C=O) groups excluding carboxylic acids is 1. The zero-order valence-corrected chi connectivity index (χ0v) is 27.1. The molecule has 1 atom stereocenters. The number of pyridine rings is 1. The first-order valence-electron chi connectivity index (χ1n) is 15.3. The van der Waals surface area contributed by atoms with E-state index in [0.717, 1.165) is 23.8 Å². The molecule has 1 aliphatic carbocycles. The van der Waals surface area contributed by atoms with E-state index in [1.54, 1.807) is 17.8 Å². The van der Waals surface area contributed by atoms with Gasteiger partial charge in [-0.1, -0.05) is 0 Å². The summed E-state index contributed by atoms with van der Waals surface area (Å²) in [5.41, 5.74) is 6.72. The molecule has 1 fully saturated rings.